The Bertz CT molecular complexity index is 898. The van der Waals surface area contributed by atoms with Crippen molar-refractivity contribution in [3.05, 3.63) is 71.3 Å². The average molecular weight is 372 g/mol. The fourth-order valence-corrected chi connectivity index (χ4v) is 3.85. The Balaban J connectivity index is 2.24. The Kier molecular flexibility index (Phi) is 5.28. The number of nitrogens with two attached hydrogens (primary N) is 1. The average Bonchev–Trinajstić information content (AvgIpc) is 2.63. The molecule has 0 spiro atoms. The smallest absolute Gasteiger partial charge is 0.220 e. The maximum atomic E-state index is 14.4. The topological polar surface area (TPSA) is 66.6 Å². The minimum atomic E-state index is -0.939. The Morgan fingerprint density at radius 3 is 2.70 bits per heavy atom. The fraction of sp³-hybridized carbons (Fsp3) is 0.286. The SMILES string of the molecule is CC(=O)N1CCC(c2cc(F)ccc2F)=CC1(CCN)c1cccc(O)c1. The van der Waals surface area contributed by atoms with E-state index in [1.807, 2.05) is 0 Å². The lowest BCUT2D eigenvalue weighted by Gasteiger charge is -2.46. The summed E-state index contributed by atoms with van der Waals surface area (Å²) in [6.07, 6.45) is 2.57. The summed E-state index contributed by atoms with van der Waals surface area (Å²) in [5.41, 5.74) is 6.39. The number of amides is 1. The first-order valence-corrected chi connectivity index (χ1v) is 8.82. The molecule has 1 unspecified atom stereocenters. The number of carbonyl (C=O) groups excluding carboxylic acids is 1. The predicted molar refractivity (Wildman–Crippen MR) is 99.8 cm³/mol. The van der Waals surface area contributed by atoms with Crippen LogP contribution in [0.2, 0.25) is 0 Å². The summed E-state index contributed by atoms with van der Waals surface area (Å²) < 4.78 is 28.1. The number of halogens is 2. The van der Waals surface area contributed by atoms with Crippen molar-refractivity contribution in [3.8, 4) is 5.75 Å². The lowest BCUT2D eigenvalue weighted by Crippen LogP contribution is -2.51. The van der Waals surface area contributed by atoms with E-state index in [9.17, 15) is 18.7 Å². The second-order valence-corrected chi connectivity index (χ2v) is 6.73. The van der Waals surface area contributed by atoms with Gasteiger partial charge in [-0.3, -0.25) is 4.79 Å². The summed E-state index contributed by atoms with van der Waals surface area (Å²) in [7, 11) is 0. The molecule has 4 nitrogen and oxygen atoms in total. The predicted octanol–water partition coefficient (Wildman–Crippen LogP) is 3.55. The van der Waals surface area contributed by atoms with Crippen LogP contribution in [0.25, 0.3) is 5.57 Å². The van der Waals surface area contributed by atoms with Gasteiger partial charge < -0.3 is 15.7 Å². The second kappa shape index (κ2) is 7.48. The van der Waals surface area contributed by atoms with Crippen molar-refractivity contribution in [3.63, 3.8) is 0 Å². The van der Waals surface area contributed by atoms with Gasteiger partial charge >= 0.3 is 0 Å². The van der Waals surface area contributed by atoms with Crippen molar-refractivity contribution in [2.24, 2.45) is 5.73 Å². The molecule has 2 aromatic carbocycles. The first kappa shape index (κ1) is 19.0. The Morgan fingerprint density at radius 2 is 2.04 bits per heavy atom. The first-order chi connectivity index (χ1) is 12.9. The number of nitrogens with zero attached hydrogens (tertiary/aromatic N) is 1. The van der Waals surface area contributed by atoms with Crippen molar-refractivity contribution in [1.82, 2.24) is 4.90 Å². The molecule has 0 fully saturated rings. The van der Waals surface area contributed by atoms with E-state index in [-0.39, 0.29) is 23.8 Å². The molecule has 1 aliphatic rings. The molecule has 1 atom stereocenters. The zero-order chi connectivity index (χ0) is 19.6. The molecule has 27 heavy (non-hydrogen) atoms. The van der Waals surface area contributed by atoms with E-state index in [1.165, 1.54) is 19.1 Å². The summed E-state index contributed by atoms with van der Waals surface area (Å²) in [5.74, 6) is -1.13. The standard InChI is InChI=1S/C21H22F2N2O2/c1-14(26)25-10-7-15(19-12-17(22)5-6-20(19)23)13-21(25,8-9-24)16-3-2-4-18(27)11-16/h2-6,11-13,27H,7-10,24H2,1H3. The Labute approximate surface area is 156 Å². The molecule has 0 radical (unpaired) electrons. The van der Waals surface area contributed by atoms with Crippen LogP contribution in [0, 0.1) is 11.6 Å². The highest BCUT2D eigenvalue weighted by Gasteiger charge is 2.41. The molecule has 1 aliphatic heterocycles. The minimum Gasteiger partial charge on any atom is -0.508 e. The van der Waals surface area contributed by atoms with E-state index in [1.54, 1.807) is 29.2 Å². The molecule has 6 heteroatoms. The Hall–Kier alpha value is -2.73. The van der Waals surface area contributed by atoms with Gasteiger partial charge in [0.2, 0.25) is 5.91 Å². The summed E-state index contributed by atoms with van der Waals surface area (Å²) in [6.45, 7) is 2.08. The van der Waals surface area contributed by atoms with Crippen LogP contribution in [-0.4, -0.2) is 29.0 Å². The van der Waals surface area contributed by atoms with Crippen LogP contribution in [0.3, 0.4) is 0 Å². The molecule has 142 valence electrons. The van der Waals surface area contributed by atoms with E-state index < -0.39 is 17.2 Å². The van der Waals surface area contributed by atoms with Crippen molar-refractivity contribution in [2.75, 3.05) is 13.1 Å². The molecule has 3 N–H and O–H groups in total. The van der Waals surface area contributed by atoms with Gasteiger partial charge in [0.25, 0.3) is 0 Å². The quantitative estimate of drug-likeness (QED) is 0.863. The van der Waals surface area contributed by atoms with Gasteiger partial charge in [-0.1, -0.05) is 18.2 Å². The van der Waals surface area contributed by atoms with Crippen LogP contribution in [0.15, 0.2) is 48.5 Å². The van der Waals surface area contributed by atoms with Crippen molar-refractivity contribution in [2.45, 2.75) is 25.3 Å². The fourth-order valence-electron chi connectivity index (χ4n) is 3.85. The van der Waals surface area contributed by atoms with Crippen molar-refractivity contribution >= 4 is 11.5 Å². The maximum Gasteiger partial charge on any atom is 0.220 e. The van der Waals surface area contributed by atoms with Crippen molar-refractivity contribution < 1.29 is 18.7 Å². The monoisotopic (exact) mass is 372 g/mol. The highest BCUT2D eigenvalue weighted by Crippen LogP contribution is 2.42. The highest BCUT2D eigenvalue weighted by molar-refractivity contribution is 5.78. The zero-order valence-electron chi connectivity index (χ0n) is 15.1. The van der Waals surface area contributed by atoms with E-state index >= 15 is 0 Å². The molecule has 2 aromatic rings. The minimum absolute atomic E-state index is 0.0601. The number of aromatic hydroxyl groups is 1. The van der Waals surface area contributed by atoms with Gasteiger partial charge in [0.1, 0.15) is 17.4 Å². The molecule has 0 saturated carbocycles. The van der Waals surface area contributed by atoms with Crippen LogP contribution in [0.1, 0.15) is 30.9 Å². The van der Waals surface area contributed by atoms with E-state index in [0.717, 1.165) is 12.1 Å². The first-order valence-electron chi connectivity index (χ1n) is 8.82. The van der Waals surface area contributed by atoms with Crippen molar-refractivity contribution in [1.29, 1.82) is 0 Å². The normalized spacial score (nSPS) is 19.7. The number of hydrogen-bond acceptors (Lipinski definition) is 3. The third kappa shape index (κ3) is 3.57. The lowest BCUT2D eigenvalue weighted by atomic mass is 9.78. The molecule has 0 aliphatic carbocycles. The van der Waals surface area contributed by atoms with Gasteiger partial charge in [-0.25, -0.2) is 8.78 Å². The molecule has 3 rings (SSSR count). The lowest BCUT2D eigenvalue weighted by molar-refractivity contribution is -0.134. The largest absolute Gasteiger partial charge is 0.508 e. The van der Waals surface area contributed by atoms with E-state index in [0.29, 0.717) is 30.5 Å². The molecule has 1 amide bonds. The van der Waals surface area contributed by atoms with Gasteiger partial charge in [-0.2, -0.15) is 0 Å². The van der Waals surface area contributed by atoms with Gasteiger partial charge in [0.15, 0.2) is 0 Å². The number of benzene rings is 2. The van der Waals surface area contributed by atoms with E-state index in [4.69, 9.17) is 5.73 Å². The number of rotatable bonds is 4. The summed E-state index contributed by atoms with van der Waals surface area (Å²) in [4.78, 5) is 14.0. The summed E-state index contributed by atoms with van der Waals surface area (Å²) in [5, 5.41) is 9.95. The summed E-state index contributed by atoms with van der Waals surface area (Å²) >= 11 is 0. The van der Waals surface area contributed by atoms with Gasteiger partial charge in [0.05, 0.1) is 5.54 Å². The summed E-state index contributed by atoms with van der Waals surface area (Å²) in [6, 6.07) is 9.94. The van der Waals surface area contributed by atoms with Gasteiger partial charge in [0, 0.05) is 19.0 Å². The Morgan fingerprint density at radius 1 is 1.26 bits per heavy atom. The molecule has 1 heterocycles. The molecule has 0 saturated heterocycles. The number of carbonyl (C=O) groups is 1. The zero-order valence-corrected chi connectivity index (χ0v) is 15.1. The third-order valence-corrected chi connectivity index (χ3v) is 5.03. The second-order valence-electron chi connectivity index (χ2n) is 6.73. The molecule has 0 aromatic heterocycles. The van der Waals surface area contributed by atoms with Crippen LogP contribution in [-0.2, 0) is 10.3 Å². The molecule has 0 bridgehead atoms. The van der Waals surface area contributed by atoms with Crippen LogP contribution in [0.4, 0.5) is 8.78 Å². The van der Waals surface area contributed by atoms with E-state index in [2.05, 4.69) is 0 Å². The highest BCUT2D eigenvalue weighted by atomic mass is 19.1. The van der Waals surface area contributed by atoms with Crippen LogP contribution in [0.5, 0.6) is 5.75 Å². The van der Waals surface area contributed by atoms with Crippen LogP contribution < -0.4 is 5.73 Å². The number of phenolic OH excluding ortho intramolecular Hbond substituents is 1. The number of hydrogen-bond donors (Lipinski definition) is 2. The van der Waals surface area contributed by atoms with Crippen LogP contribution >= 0.6 is 0 Å². The van der Waals surface area contributed by atoms with Gasteiger partial charge in [-0.05, 0) is 60.9 Å². The molecular formula is C21H22F2N2O2. The third-order valence-electron chi connectivity index (χ3n) is 5.03. The maximum absolute atomic E-state index is 14.4. The van der Waals surface area contributed by atoms with Gasteiger partial charge in [-0.15, -0.1) is 0 Å². The number of phenols is 1. The molecular weight excluding hydrogens is 350 g/mol.